The molecule has 3 rings (SSSR count). The lowest BCUT2D eigenvalue weighted by molar-refractivity contribution is -0.127. The Morgan fingerprint density at radius 2 is 2.14 bits per heavy atom. The van der Waals surface area contributed by atoms with Crippen LogP contribution in [-0.4, -0.2) is 19.0 Å². The molecule has 5 heteroatoms. The second-order valence-electron chi connectivity index (χ2n) is 6.52. The van der Waals surface area contributed by atoms with E-state index in [1.165, 1.54) is 6.07 Å². The van der Waals surface area contributed by atoms with Crippen LogP contribution in [0.2, 0.25) is 0 Å². The third kappa shape index (κ3) is 3.13. The fraction of sp³-hybridized carbons (Fsp3) is 0.588. The number of hydrogen-bond donors (Lipinski definition) is 2. The van der Waals surface area contributed by atoms with Crippen LogP contribution in [0.25, 0.3) is 0 Å². The molecule has 1 heterocycles. The van der Waals surface area contributed by atoms with Crippen molar-refractivity contribution in [2.24, 2.45) is 17.8 Å². The molecule has 2 N–H and O–H groups in total. The van der Waals surface area contributed by atoms with Gasteiger partial charge in [0.05, 0.1) is 6.04 Å². The van der Waals surface area contributed by atoms with Crippen LogP contribution < -0.4 is 10.6 Å². The zero-order chi connectivity index (χ0) is 15.0. The van der Waals surface area contributed by atoms with Gasteiger partial charge < -0.3 is 10.6 Å². The molecule has 0 aromatic heterocycles. The Bertz CT molecular complexity index is 547. The molecule has 0 radical (unpaired) electrons. The number of benzene rings is 1. The van der Waals surface area contributed by atoms with Crippen molar-refractivity contribution in [1.29, 1.82) is 0 Å². The molecule has 1 aromatic carbocycles. The van der Waals surface area contributed by atoms with Gasteiger partial charge in [-0.1, -0.05) is 26.0 Å². The summed E-state index contributed by atoms with van der Waals surface area (Å²) < 4.78 is 13.9. The zero-order valence-electron chi connectivity index (χ0n) is 13.1. The van der Waals surface area contributed by atoms with E-state index in [4.69, 9.17) is 0 Å². The van der Waals surface area contributed by atoms with E-state index < -0.39 is 0 Å². The standard InChI is InChI=1S/C17H23FN2O.ClH/c1-10-6-7-13-14(4-3-5-15(13)18)16(10)20-17(21)11(2)12-8-19-9-12;/h3-5,10-12,16,19H,6-9H2,1-2H3,(H,20,21);1H. The highest BCUT2D eigenvalue weighted by atomic mass is 35.5. The number of hydrogen-bond acceptors (Lipinski definition) is 2. The van der Waals surface area contributed by atoms with Crippen LogP contribution >= 0.6 is 12.4 Å². The third-order valence-electron chi connectivity index (χ3n) is 5.14. The summed E-state index contributed by atoms with van der Waals surface area (Å²) in [5.41, 5.74) is 1.74. The quantitative estimate of drug-likeness (QED) is 0.896. The summed E-state index contributed by atoms with van der Waals surface area (Å²) in [4.78, 5) is 12.5. The van der Waals surface area contributed by atoms with E-state index in [1.54, 1.807) is 6.07 Å². The SMILES string of the molecule is CC1CCc2c(F)cccc2C1NC(=O)C(C)C1CNC1.Cl. The molecule has 0 bridgehead atoms. The van der Waals surface area contributed by atoms with Crippen LogP contribution in [0.4, 0.5) is 4.39 Å². The van der Waals surface area contributed by atoms with Gasteiger partial charge in [0.1, 0.15) is 5.82 Å². The Labute approximate surface area is 137 Å². The smallest absolute Gasteiger partial charge is 0.223 e. The average molecular weight is 327 g/mol. The summed E-state index contributed by atoms with van der Waals surface area (Å²) in [6.07, 6.45) is 1.68. The van der Waals surface area contributed by atoms with E-state index >= 15 is 0 Å². The van der Waals surface area contributed by atoms with Gasteiger partial charge in [0.25, 0.3) is 0 Å². The van der Waals surface area contributed by atoms with Gasteiger partial charge >= 0.3 is 0 Å². The summed E-state index contributed by atoms with van der Waals surface area (Å²) in [6, 6.07) is 5.14. The number of carbonyl (C=O) groups is 1. The van der Waals surface area contributed by atoms with Crippen LogP contribution in [0.3, 0.4) is 0 Å². The molecule has 22 heavy (non-hydrogen) atoms. The Morgan fingerprint density at radius 3 is 2.77 bits per heavy atom. The first-order valence-corrected chi connectivity index (χ1v) is 7.86. The Balaban J connectivity index is 0.00000176. The maximum absolute atomic E-state index is 13.9. The van der Waals surface area contributed by atoms with Crippen LogP contribution in [0.1, 0.15) is 37.4 Å². The zero-order valence-corrected chi connectivity index (χ0v) is 13.9. The summed E-state index contributed by atoms with van der Waals surface area (Å²) in [6.45, 7) is 5.95. The maximum atomic E-state index is 13.9. The molecule has 1 aliphatic heterocycles. The van der Waals surface area contributed by atoms with E-state index in [2.05, 4.69) is 17.6 Å². The molecule has 1 amide bonds. The van der Waals surface area contributed by atoms with Gasteiger partial charge in [-0.3, -0.25) is 4.79 Å². The van der Waals surface area contributed by atoms with E-state index in [0.717, 1.165) is 37.1 Å². The monoisotopic (exact) mass is 326 g/mol. The second kappa shape index (κ2) is 6.97. The predicted molar refractivity (Wildman–Crippen MR) is 87.5 cm³/mol. The molecule has 3 unspecified atom stereocenters. The topological polar surface area (TPSA) is 41.1 Å². The fourth-order valence-electron chi connectivity index (χ4n) is 3.36. The van der Waals surface area contributed by atoms with E-state index in [0.29, 0.717) is 11.8 Å². The Hall–Kier alpha value is -1.13. The summed E-state index contributed by atoms with van der Waals surface area (Å²) >= 11 is 0. The lowest BCUT2D eigenvalue weighted by Gasteiger charge is -2.36. The van der Waals surface area contributed by atoms with Crippen LogP contribution in [0, 0.1) is 23.6 Å². The summed E-state index contributed by atoms with van der Waals surface area (Å²) in [5, 5.41) is 6.37. The molecule has 3 nitrogen and oxygen atoms in total. The van der Waals surface area contributed by atoms with Crippen LogP contribution in [0.15, 0.2) is 18.2 Å². The maximum Gasteiger partial charge on any atom is 0.223 e. The van der Waals surface area contributed by atoms with Gasteiger partial charge in [0, 0.05) is 5.92 Å². The molecule has 122 valence electrons. The normalized spacial score (nSPS) is 25.4. The van der Waals surface area contributed by atoms with Crippen molar-refractivity contribution in [3.05, 3.63) is 35.1 Å². The minimum atomic E-state index is -0.144. The Morgan fingerprint density at radius 1 is 1.41 bits per heavy atom. The third-order valence-corrected chi connectivity index (χ3v) is 5.14. The van der Waals surface area contributed by atoms with E-state index in [9.17, 15) is 9.18 Å². The molecule has 0 saturated carbocycles. The molecule has 0 spiro atoms. The largest absolute Gasteiger partial charge is 0.349 e. The molecule has 2 aliphatic rings. The molecular weight excluding hydrogens is 303 g/mol. The minimum Gasteiger partial charge on any atom is -0.349 e. The fourth-order valence-corrected chi connectivity index (χ4v) is 3.36. The van der Waals surface area contributed by atoms with Crippen molar-refractivity contribution in [1.82, 2.24) is 10.6 Å². The van der Waals surface area contributed by atoms with Crippen molar-refractivity contribution >= 4 is 18.3 Å². The van der Waals surface area contributed by atoms with Gasteiger partial charge in [-0.15, -0.1) is 12.4 Å². The molecule has 1 saturated heterocycles. The number of carbonyl (C=O) groups excluding carboxylic acids is 1. The van der Waals surface area contributed by atoms with Crippen LogP contribution in [-0.2, 0) is 11.2 Å². The minimum absolute atomic E-state index is 0. The summed E-state index contributed by atoms with van der Waals surface area (Å²) in [5.74, 6) is 0.730. The van der Waals surface area contributed by atoms with Crippen molar-refractivity contribution in [3.63, 3.8) is 0 Å². The number of amides is 1. The number of fused-ring (bicyclic) bond motifs is 1. The van der Waals surface area contributed by atoms with Gasteiger partial charge in [-0.05, 0) is 55.0 Å². The molecule has 1 aromatic rings. The molecule has 3 atom stereocenters. The van der Waals surface area contributed by atoms with Crippen molar-refractivity contribution < 1.29 is 9.18 Å². The lowest BCUT2D eigenvalue weighted by atomic mass is 9.79. The van der Waals surface area contributed by atoms with E-state index in [-0.39, 0.29) is 36.1 Å². The molecule has 1 aliphatic carbocycles. The molecular formula is C17H24ClFN2O. The first kappa shape index (κ1) is 17.2. The second-order valence-corrected chi connectivity index (χ2v) is 6.52. The van der Waals surface area contributed by atoms with Gasteiger partial charge in [0.15, 0.2) is 0 Å². The van der Waals surface area contributed by atoms with Crippen molar-refractivity contribution in [2.45, 2.75) is 32.7 Å². The van der Waals surface area contributed by atoms with E-state index in [1.807, 2.05) is 13.0 Å². The number of rotatable bonds is 3. The predicted octanol–water partition coefficient (Wildman–Crippen LogP) is 2.84. The molecule has 1 fully saturated rings. The number of halogens is 2. The number of nitrogens with one attached hydrogen (secondary N) is 2. The highest BCUT2D eigenvalue weighted by Crippen LogP contribution is 2.35. The highest BCUT2D eigenvalue weighted by molar-refractivity contribution is 5.85. The van der Waals surface area contributed by atoms with Crippen LogP contribution in [0.5, 0.6) is 0 Å². The van der Waals surface area contributed by atoms with Crippen molar-refractivity contribution in [3.8, 4) is 0 Å². The van der Waals surface area contributed by atoms with Crippen molar-refractivity contribution in [2.75, 3.05) is 13.1 Å². The highest BCUT2D eigenvalue weighted by Gasteiger charge is 2.33. The van der Waals surface area contributed by atoms with Gasteiger partial charge in [-0.2, -0.15) is 0 Å². The Kier molecular flexibility index (Phi) is 5.45. The van der Waals surface area contributed by atoms with Gasteiger partial charge in [-0.25, -0.2) is 4.39 Å². The average Bonchev–Trinajstić information content (AvgIpc) is 2.40. The lowest BCUT2D eigenvalue weighted by Crippen LogP contribution is -2.50. The summed E-state index contributed by atoms with van der Waals surface area (Å²) in [7, 11) is 0. The first-order valence-electron chi connectivity index (χ1n) is 7.86. The first-order chi connectivity index (χ1) is 10.1. The van der Waals surface area contributed by atoms with Gasteiger partial charge in [0.2, 0.25) is 5.91 Å².